The first-order chi connectivity index (χ1) is 37.4. The van der Waals surface area contributed by atoms with Crippen LogP contribution in [0.3, 0.4) is 0 Å². The van der Waals surface area contributed by atoms with Gasteiger partial charge in [-0.3, -0.25) is 4.90 Å². The number of carbonyl (C=O) groups is 2. The van der Waals surface area contributed by atoms with Gasteiger partial charge in [-0.05, 0) is 125 Å². The Morgan fingerprint density at radius 1 is 0.590 bits per heavy atom. The van der Waals surface area contributed by atoms with Gasteiger partial charge >= 0.3 is 11.9 Å². The highest BCUT2D eigenvalue weighted by atomic mass is 17.3. The molecule has 8 saturated heterocycles. The maximum absolute atomic E-state index is 9.10. The van der Waals surface area contributed by atoms with Gasteiger partial charge in [-0.1, -0.05) is 27.7 Å². The normalized spacial score (nSPS) is 37.1. The molecule has 23 nitrogen and oxygen atoms in total. The van der Waals surface area contributed by atoms with Crippen LogP contribution in [0.4, 0.5) is 29.2 Å². The number of carboxylic acids is 2. The van der Waals surface area contributed by atoms with Crippen molar-refractivity contribution < 1.29 is 77.2 Å². The van der Waals surface area contributed by atoms with Crippen molar-refractivity contribution in [2.75, 3.05) is 69.6 Å². The van der Waals surface area contributed by atoms with Crippen molar-refractivity contribution in [1.29, 1.82) is 0 Å². The van der Waals surface area contributed by atoms with Gasteiger partial charge in [0.05, 0.1) is 27.4 Å². The van der Waals surface area contributed by atoms with Crippen LogP contribution in [0.2, 0.25) is 0 Å². The van der Waals surface area contributed by atoms with E-state index in [2.05, 4.69) is 48.5 Å². The Hall–Kier alpha value is -5.05. The van der Waals surface area contributed by atoms with Crippen LogP contribution in [-0.2, 0) is 57.6 Å². The van der Waals surface area contributed by atoms with Crippen molar-refractivity contribution in [3.8, 4) is 11.5 Å². The molecular formula is C55H77N7O16. The van der Waals surface area contributed by atoms with Crippen molar-refractivity contribution in [2.45, 2.75) is 141 Å². The van der Waals surface area contributed by atoms with Crippen molar-refractivity contribution in [3.05, 3.63) is 48.5 Å². The fraction of sp³-hybridized carbons (Fsp3) is 0.691. The molecule has 2 saturated carbocycles. The van der Waals surface area contributed by atoms with Gasteiger partial charge < -0.3 is 64.1 Å². The largest absolute Gasteiger partial charge is 0.497 e. The van der Waals surface area contributed by atoms with Gasteiger partial charge in [-0.25, -0.2) is 29.1 Å². The summed E-state index contributed by atoms with van der Waals surface area (Å²) in [5.74, 6) is -0.775. The molecule has 5 N–H and O–H groups in total. The quantitative estimate of drug-likeness (QED) is 0.0603. The third-order valence-electron chi connectivity index (χ3n) is 17.8. The molecule has 13 rings (SSSR count). The zero-order valence-electron chi connectivity index (χ0n) is 45.8. The molecule has 2 aliphatic carbocycles. The lowest BCUT2D eigenvalue weighted by atomic mass is 9.58. The number of carboxylic acid groups (broad SMARTS) is 2. The maximum atomic E-state index is 9.10. The van der Waals surface area contributed by atoms with Gasteiger partial charge in [0.25, 0.3) is 0 Å². The van der Waals surface area contributed by atoms with Crippen LogP contribution in [0.1, 0.15) is 92.9 Å². The number of ether oxygens (including phenoxy) is 8. The molecule has 2 aromatic carbocycles. The lowest BCUT2D eigenvalue weighted by Gasteiger charge is -2.60. The first kappa shape index (κ1) is 56.2. The first-order valence-electron chi connectivity index (χ1n) is 27.6. The molecule has 4 bridgehead atoms. The third-order valence-corrected chi connectivity index (χ3v) is 17.8. The molecule has 78 heavy (non-hydrogen) atoms. The zero-order valence-corrected chi connectivity index (χ0v) is 45.8. The molecule has 10 aliphatic rings. The predicted molar refractivity (Wildman–Crippen MR) is 278 cm³/mol. The van der Waals surface area contributed by atoms with Gasteiger partial charge in [0, 0.05) is 74.1 Å². The maximum Gasteiger partial charge on any atom is 0.414 e. The first-order valence-corrected chi connectivity index (χ1v) is 27.6. The van der Waals surface area contributed by atoms with Crippen molar-refractivity contribution >= 4 is 41.2 Å². The molecule has 0 amide bonds. The number of aliphatic carboxylic acids is 2. The number of methoxy groups -OCH3 is 2. The summed E-state index contributed by atoms with van der Waals surface area (Å²) in [7, 11) is 3.28. The Bertz CT molecular complexity index is 2390. The van der Waals surface area contributed by atoms with E-state index in [1.54, 1.807) is 14.2 Å². The lowest BCUT2D eigenvalue weighted by molar-refractivity contribution is -0.577. The van der Waals surface area contributed by atoms with Crippen molar-refractivity contribution in [3.63, 3.8) is 0 Å². The Balaban J connectivity index is 0.00000109. The Morgan fingerprint density at radius 2 is 1.01 bits per heavy atom. The molecule has 3 aromatic rings. The second-order valence-corrected chi connectivity index (χ2v) is 22.7. The van der Waals surface area contributed by atoms with Crippen LogP contribution in [0, 0.1) is 47.3 Å². The summed E-state index contributed by atoms with van der Waals surface area (Å²) in [5, 5.41) is 24.9. The van der Waals surface area contributed by atoms with E-state index in [-0.39, 0.29) is 35.5 Å². The lowest BCUT2D eigenvalue weighted by Crippen LogP contribution is -2.70. The number of anilines is 5. The van der Waals surface area contributed by atoms with E-state index in [1.807, 2.05) is 62.4 Å². The van der Waals surface area contributed by atoms with E-state index in [4.69, 9.17) is 92.2 Å². The predicted octanol–water partition coefficient (Wildman–Crippen LogP) is 7.69. The van der Waals surface area contributed by atoms with Crippen LogP contribution >= 0.6 is 0 Å². The number of hydrogen-bond donors (Lipinski definition) is 5. The summed E-state index contributed by atoms with van der Waals surface area (Å²) in [6, 6.07) is 15.2. The number of rotatable bonds is 18. The number of benzene rings is 2. The van der Waals surface area contributed by atoms with Crippen LogP contribution in [-0.4, -0.2) is 144 Å². The monoisotopic (exact) mass is 1090 g/mol. The van der Waals surface area contributed by atoms with Gasteiger partial charge in [0.2, 0.25) is 29.4 Å². The second kappa shape index (κ2) is 23.2. The Kier molecular flexibility index (Phi) is 16.7. The standard InChI is InChI=1S/C53H75N7O12.C2H2O4/c1-31-9-19-41-33(3)43(65-45-52(41)39(31)21-23-50(5,67-45)69-71-52)63-29-27-60(28-30-64-44-34(4)42-20-10-32(2)40-22-24-51(6)68-46(66-44)53(40,42)72-70-51)26-25-54-47-57-48(55-35-11-15-37(61-7)16-12-35)59-49(58-47)56-36-13-17-38(62-8)18-14-36;3-1(4)2(5)6/h11-18,31-34,39-46H,9-10,19-30H2,1-8H3,(H3,54,55,56,57,58,59);(H,3,4)(H,5,6)/t31-,32-,33-,34-,39+,40+,41+,42+,43+,44+,45-,46-,50-,51-,52-,53-;/m1./s1. The van der Waals surface area contributed by atoms with Crippen LogP contribution in [0.25, 0.3) is 0 Å². The van der Waals surface area contributed by atoms with Gasteiger partial charge in [0.1, 0.15) is 11.5 Å². The smallest absolute Gasteiger partial charge is 0.414 e. The van der Waals surface area contributed by atoms with E-state index in [0.29, 0.717) is 69.1 Å². The summed E-state index contributed by atoms with van der Waals surface area (Å²) in [4.78, 5) is 59.7. The molecule has 428 valence electrons. The molecule has 23 heteroatoms. The molecular weight excluding hydrogens is 1010 g/mol. The number of nitrogens with one attached hydrogen (secondary N) is 3. The molecule has 1 aromatic heterocycles. The van der Waals surface area contributed by atoms with Gasteiger partial charge in [-0.15, -0.1) is 0 Å². The average molecular weight is 1090 g/mol. The summed E-state index contributed by atoms with van der Waals surface area (Å²) in [6.45, 7) is 16.2. The highest BCUT2D eigenvalue weighted by Gasteiger charge is 2.71. The number of nitrogens with zero attached hydrogens (tertiary/aromatic N) is 4. The zero-order chi connectivity index (χ0) is 55.0. The summed E-state index contributed by atoms with van der Waals surface area (Å²) < 4.78 is 51.1. The van der Waals surface area contributed by atoms with E-state index >= 15 is 0 Å². The number of fused-ring (bicyclic) bond motifs is 4. The SMILES string of the molecule is COc1ccc(Nc2nc(NCCN(CCO[C@H]3O[C@@H]4O[C@@]5(C)CC[C@H]6[C@H](C)CC[C@@H]([C@H]3C)[C@@]46OO5)CCO[C@H]3O[C@@H]4O[C@@]5(C)CC[C@H]6[C@H](C)CC[C@@H]([C@H]3C)[C@@]46OO5)nc(Nc3ccc(OC)cc3)n2)cc1.O=C(O)C(=O)O. The van der Waals surface area contributed by atoms with E-state index in [1.165, 1.54) is 0 Å². The van der Waals surface area contributed by atoms with E-state index < -0.39 is 59.9 Å². The molecule has 8 aliphatic heterocycles. The molecule has 10 fully saturated rings. The molecule has 0 unspecified atom stereocenters. The van der Waals surface area contributed by atoms with Crippen LogP contribution in [0.5, 0.6) is 11.5 Å². The molecule has 16 atom stereocenters. The minimum Gasteiger partial charge on any atom is -0.497 e. The highest BCUT2D eigenvalue weighted by molar-refractivity contribution is 6.27. The number of hydrogen-bond acceptors (Lipinski definition) is 21. The second-order valence-electron chi connectivity index (χ2n) is 22.7. The van der Waals surface area contributed by atoms with E-state index in [9.17, 15) is 0 Å². The topological polar surface area (TPSA) is 263 Å². The van der Waals surface area contributed by atoms with Gasteiger partial charge in [0.15, 0.2) is 36.4 Å². The Labute approximate surface area is 454 Å². The van der Waals surface area contributed by atoms with Crippen molar-refractivity contribution in [2.24, 2.45) is 47.3 Å². The average Bonchev–Trinajstić information content (AvgIpc) is 3.74. The van der Waals surface area contributed by atoms with Crippen molar-refractivity contribution in [1.82, 2.24) is 19.9 Å². The van der Waals surface area contributed by atoms with E-state index in [0.717, 1.165) is 74.2 Å². The fourth-order valence-corrected chi connectivity index (χ4v) is 13.6. The highest BCUT2D eigenvalue weighted by Crippen LogP contribution is 2.62. The molecule has 0 radical (unpaired) electrons. The summed E-state index contributed by atoms with van der Waals surface area (Å²) in [6.07, 6.45) is 5.60. The summed E-state index contributed by atoms with van der Waals surface area (Å²) in [5.41, 5.74) is 0.282. The third kappa shape index (κ3) is 11.3. The Morgan fingerprint density at radius 3 is 1.42 bits per heavy atom. The number of aromatic nitrogens is 3. The van der Waals surface area contributed by atoms with Crippen LogP contribution in [0.15, 0.2) is 48.5 Å². The molecule has 9 heterocycles. The summed E-state index contributed by atoms with van der Waals surface area (Å²) >= 11 is 0. The molecule has 2 spiro atoms. The minimum atomic E-state index is -1.82. The fourth-order valence-electron chi connectivity index (χ4n) is 13.6. The van der Waals surface area contributed by atoms with Gasteiger partial charge in [-0.2, -0.15) is 15.0 Å². The minimum absolute atomic E-state index is 0.0587. The van der Waals surface area contributed by atoms with Crippen LogP contribution < -0.4 is 25.4 Å².